The Morgan fingerprint density at radius 3 is 1.87 bits per heavy atom. The Kier molecular flexibility index (Phi) is 2.74. The van der Waals surface area contributed by atoms with Gasteiger partial charge in [-0.25, -0.2) is 27.1 Å². The number of primary sulfonamides is 2. The van der Waals surface area contributed by atoms with Gasteiger partial charge in [0.25, 0.3) is 0 Å². The summed E-state index contributed by atoms with van der Waals surface area (Å²) < 4.78 is 43.4. The molecule has 0 aromatic heterocycles. The van der Waals surface area contributed by atoms with Crippen LogP contribution in [0.4, 0.5) is 0 Å². The van der Waals surface area contributed by atoms with Crippen molar-refractivity contribution in [2.24, 2.45) is 10.3 Å². The number of rotatable bonds is 2. The largest absolute Gasteiger partial charge is 0.506 e. The van der Waals surface area contributed by atoms with E-state index >= 15 is 0 Å². The van der Waals surface area contributed by atoms with Crippen LogP contribution >= 0.6 is 0 Å². The second-order valence-electron chi connectivity index (χ2n) is 2.72. The normalized spacial score (nSPS) is 12.7. The predicted octanol–water partition coefficient (Wildman–Crippen LogP) is -1.31. The van der Waals surface area contributed by atoms with Gasteiger partial charge in [-0.1, -0.05) is 0 Å². The second-order valence-corrected chi connectivity index (χ2v) is 5.81. The number of phenols is 1. The van der Waals surface area contributed by atoms with Gasteiger partial charge in [0, 0.05) is 6.07 Å². The van der Waals surface area contributed by atoms with Crippen molar-refractivity contribution in [2.75, 3.05) is 0 Å². The number of nitrogens with two attached hydrogens (primary N) is 2. The molecule has 0 radical (unpaired) electrons. The first-order valence-corrected chi connectivity index (χ1v) is 6.60. The maximum absolute atomic E-state index is 10.9. The minimum atomic E-state index is -4.08. The molecule has 7 nitrogen and oxygen atoms in total. The number of hydrogen-bond donors (Lipinski definition) is 3. The van der Waals surface area contributed by atoms with E-state index in [0.29, 0.717) is 0 Å². The molecule has 0 aliphatic heterocycles. The first-order chi connectivity index (χ1) is 6.62. The first kappa shape index (κ1) is 11.9. The molecular weight excluding hydrogens is 244 g/mol. The molecule has 1 rings (SSSR count). The molecule has 0 fully saturated rings. The topological polar surface area (TPSA) is 141 Å². The highest BCUT2D eigenvalue weighted by Crippen LogP contribution is 2.23. The average Bonchev–Trinajstić information content (AvgIpc) is 1.99. The van der Waals surface area contributed by atoms with E-state index in [2.05, 4.69) is 0 Å². The third kappa shape index (κ3) is 2.65. The van der Waals surface area contributed by atoms with Gasteiger partial charge in [0.15, 0.2) is 0 Å². The van der Waals surface area contributed by atoms with Gasteiger partial charge in [-0.2, -0.15) is 0 Å². The van der Waals surface area contributed by atoms with Gasteiger partial charge in [0.2, 0.25) is 20.0 Å². The Hall–Kier alpha value is -1.16. The number of hydrogen-bond acceptors (Lipinski definition) is 5. The van der Waals surface area contributed by atoms with Crippen molar-refractivity contribution in [2.45, 2.75) is 9.79 Å². The summed E-state index contributed by atoms with van der Waals surface area (Å²) in [7, 11) is -8.06. The van der Waals surface area contributed by atoms with Gasteiger partial charge in [0.1, 0.15) is 10.6 Å². The molecule has 0 spiro atoms. The van der Waals surface area contributed by atoms with Gasteiger partial charge in [-0.15, -0.1) is 0 Å². The van der Waals surface area contributed by atoms with E-state index in [-0.39, 0.29) is 0 Å². The Morgan fingerprint density at radius 1 is 1.00 bits per heavy atom. The molecule has 0 heterocycles. The molecule has 0 aliphatic carbocycles. The molecule has 0 amide bonds. The molecule has 9 heteroatoms. The lowest BCUT2D eigenvalue weighted by Crippen LogP contribution is -2.15. The van der Waals surface area contributed by atoms with Crippen LogP contribution in [0.2, 0.25) is 0 Å². The maximum Gasteiger partial charge on any atom is 0.241 e. The zero-order valence-corrected chi connectivity index (χ0v) is 8.92. The number of aromatic hydroxyl groups is 1. The molecule has 0 saturated carbocycles. The molecule has 5 N–H and O–H groups in total. The minimum Gasteiger partial charge on any atom is -0.506 e. The Morgan fingerprint density at radius 2 is 1.53 bits per heavy atom. The standard InChI is InChI=1S/C6H8N2O5S2/c7-14(10,11)4-1-2-6(5(9)3-4)15(8,12)13/h1-3,9H,(H2,7,10,11)(H2,8,12,13). The zero-order valence-electron chi connectivity index (χ0n) is 7.28. The minimum absolute atomic E-state index is 0.396. The highest BCUT2D eigenvalue weighted by Gasteiger charge is 2.17. The van der Waals surface area contributed by atoms with Crippen LogP contribution in [0.5, 0.6) is 5.75 Å². The van der Waals surface area contributed by atoms with E-state index in [1.807, 2.05) is 0 Å². The molecule has 84 valence electrons. The molecule has 1 aromatic carbocycles. The van der Waals surface area contributed by atoms with Crippen molar-refractivity contribution < 1.29 is 21.9 Å². The summed E-state index contributed by atoms with van der Waals surface area (Å²) in [6.07, 6.45) is 0. The maximum atomic E-state index is 10.9. The number of benzene rings is 1. The van der Waals surface area contributed by atoms with E-state index in [9.17, 15) is 21.9 Å². The van der Waals surface area contributed by atoms with Gasteiger partial charge in [-0.3, -0.25) is 0 Å². The van der Waals surface area contributed by atoms with Crippen molar-refractivity contribution in [3.63, 3.8) is 0 Å². The van der Waals surface area contributed by atoms with Crippen molar-refractivity contribution in [3.05, 3.63) is 18.2 Å². The van der Waals surface area contributed by atoms with Gasteiger partial charge in [-0.05, 0) is 12.1 Å². The number of phenolic OH excluding ortho intramolecular Hbond substituents is 1. The van der Waals surface area contributed by atoms with Gasteiger partial charge in [0.05, 0.1) is 4.90 Å². The summed E-state index contributed by atoms with van der Waals surface area (Å²) in [5.41, 5.74) is 0. The molecular formula is C6H8N2O5S2. The monoisotopic (exact) mass is 252 g/mol. The van der Waals surface area contributed by atoms with Gasteiger partial charge >= 0.3 is 0 Å². The van der Waals surface area contributed by atoms with Crippen LogP contribution in [0, 0.1) is 0 Å². The number of sulfonamides is 2. The summed E-state index contributed by atoms with van der Waals surface area (Å²) in [4.78, 5) is -0.956. The third-order valence-corrected chi connectivity index (χ3v) is 3.43. The van der Waals surface area contributed by atoms with Crippen LogP contribution < -0.4 is 10.3 Å². The van der Waals surface area contributed by atoms with E-state index in [4.69, 9.17) is 10.3 Å². The molecule has 0 unspecified atom stereocenters. The van der Waals surface area contributed by atoms with E-state index in [1.54, 1.807) is 0 Å². The van der Waals surface area contributed by atoms with Crippen LogP contribution in [0.15, 0.2) is 28.0 Å². The first-order valence-electron chi connectivity index (χ1n) is 3.51. The van der Waals surface area contributed by atoms with E-state index in [1.165, 1.54) is 0 Å². The average molecular weight is 252 g/mol. The smallest absolute Gasteiger partial charge is 0.241 e. The van der Waals surface area contributed by atoms with Crippen molar-refractivity contribution in [3.8, 4) is 5.75 Å². The Labute approximate surface area is 86.4 Å². The lowest BCUT2D eigenvalue weighted by atomic mass is 10.3. The van der Waals surface area contributed by atoms with Crippen molar-refractivity contribution in [1.82, 2.24) is 0 Å². The molecule has 0 bridgehead atoms. The van der Waals surface area contributed by atoms with E-state index < -0.39 is 35.6 Å². The van der Waals surface area contributed by atoms with Crippen LogP contribution in [0.25, 0.3) is 0 Å². The third-order valence-electron chi connectivity index (χ3n) is 1.57. The van der Waals surface area contributed by atoms with Crippen LogP contribution in [0.1, 0.15) is 0 Å². The summed E-state index contributed by atoms with van der Waals surface area (Å²) in [6, 6.07) is 2.52. The Bertz CT molecular complexity index is 590. The zero-order chi connectivity index (χ0) is 11.9. The fraction of sp³-hybridized carbons (Fsp3) is 0. The van der Waals surface area contributed by atoms with Crippen molar-refractivity contribution in [1.29, 1.82) is 0 Å². The second kappa shape index (κ2) is 3.45. The quantitative estimate of drug-likeness (QED) is 0.599. The van der Waals surface area contributed by atoms with Crippen LogP contribution in [0.3, 0.4) is 0 Å². The van der Waals surface area contributed by atoms with Crippen molar-refractivity contribution >= 4 is 20.0 Å². The van der Waals surface area contributed by atoms with Crippen LogP contribution in [-0.4, -0.2) is 21.9 Å². The SMILES string of the molecule is NS(=O)(=O)c1ccc(S(N)(=O)=O)c(O)c1. The fourth-order valence-corrected chi connectivity index (χ4v) is 2.06. The fourth-order valence-electron chi connectivity index (χ4n) is 0.915. The summed E-state index contributed by atoms with van der Waals surface area (Å²) in [5, 5.41) is 18.7. The van der Waals surface area contributed by atoms with Gasteiger partial charge < -0.3 is 5.11 Å². The lowest BCUT2D eigenvalue weighted by Gasteiger charge is -2.03. The molecule has 1 aromatic rings. The predicted molar refractivity (Wildman–Crippen MR) is 50.9 cm³/mol. The van der Waals surface area contributed by atoms with Crippen LogP contribution in [-0.2, 0) is 20.0 Å². The molecule has 0 saturated heterocycles. The molecule has 15 heavy (non-hydrogen) atoms. The highest BCUT2D eigenvalue weighted by atomic mass is 32.2. The summed E-state index contributed by atoms with van der Waals surface area (Å²) in [6.45, 7) is 0. The molecule has 0 atom stereocenters. The molecule has 0 aliphatic rings. The highest BCUT2D eigenvalue weighted by molar-refractivity contribution is 7.89. The lowest BCUT2D eigenvalue weighted by molar-refractivity contribution is 0.456. The Balaban J connectivity index is 3.47. The summed E-state index contributed by atoms with van der Waals surface area (Å²) in [5.74, 6) is -0.760. The van der Waals surface area contributed by atoms with E-state index in [0.717, 1.165) is 18.2 Å². The summed E-state index contributed by atoms with van der Waals surface area (Å²) >= 11 is 0.